The van der Waals surface area contributed by atoms with E-state index in [1.54, 1.807) is 24.3 Å². The monoisotopic (exact) mass is 260 g/mol. The van der Waals surface area contributed by atoms with Crippen molar-refractivity contribution in [1.29, 1.82) is 0 Å². The van der Waals surface area contributed by atoms with Gasteiger partial charge in [0.05, 0.1) is 16.9 Å². The summed E-state index contributed by atoms with van der Waals surface area (Å²) >= 11 is 0. The van der Waals surface area contributed by atoms with E-state index in [1.807, 2.05) is 20.8 Å². The number of hydrogen-bond acceptors (Lipinski definition) is 4. The summed E-state index contributed by atoms with van der Waals surface area (Å²) in [6.07, 6.45) is 0.658. The van der Waals surface area contributed by atoms with Crippen molar-refractivity contribution in [1.82, 2.24) is 0 Å². The molecule has 2 rings (SSSR count). The lowest BCUT2D eigenvalue weighted by Gasteiger charge is -2.20. The summed E-state index contributed by atoms with van der Waals surface area (Å²) in [7, 11) is 0. The lowest BCUT2D eigenvalue weighted by Crippen LogP contribution is -2.28. The molecule has 4 heteroatoms. The Balaban J connectivity index is 2.46. The highest BCUT2D eigenvalue weighted by Gasteiger charge is 2.28. The minimum Gasteiger partial charge on any atom is -0.425 e. The van der Waals surface area contributed by atoms with Crippen molar-refractivity contribution in [3.05, 3.63) is 40.8 Å². The van der Waals surface area contributed by atoms with Crippen LogP contribution in [0.15, 0.2) is 39.5 Å². The number of esters is 1. The van der Waals surface area contributed by atoms with Gasteiger partial charge in [-0.05, 0) is 32.4 Å². The number of carbonyl (C=O) groups is 1. The smallest absolute Gasteiger partial charge is 0.339 e. The first-order valence-electron chi connectivity index (χ1n) is 6.19. The SMILES string of the molecule is CCC(C)(C)C(=O)Oc1cc(=O)oc2ccccc12. The van der Waals surface area contributed by atoms with E-state index < -0.39 is 11.0 Å². The van der Waals surface area contributed by atoms with Crippen LogP contribution in [0.4, 0.5) is 0 Å². The molecule has 0 spiro atoms. The molecule has 0 bridgehead atoms. The zero-order valence-electron chi connectivity index (χ0n) is 11.2. The fourth-order valence-corrected chi connectivity index (χ4v) is 1.55. The lowest BCUT2D eigenvalue weighted by molar-refractivity contribution is -0.144. The summed E-state index contributed by atoms with van der Waals surface area (Å²) in [5, 5.41) is 0.613. The van der Waals surface area contributed by atoms with Crippen LogP contribution in [-0.2, 0) is 4.79 Å². The lowest BCUT2D eigenvalue weighted by atomic mass is 9.91. The van der Waals surface area contributed by atoms with E-state index in [0.29, 0.717) is 17.4 Å². The molecule has 0 aliphatic heterocycles. The van der Waals surface area contributed by atoms with Crippen LogP contribution in [0.1, 0.15) is 27.2 Å². The molecule has 0 aliphatic carbocycles. The van der Waals surface area contributed by atoms with Gasteiger partial charge in [-0.2, -0.15) is 0 Å². The Morgan fingerprint density at radius 2 is 2.00 bits per heavy atom. The molecule has 0 saturated heterocycles. The summed E-state index contributed by atoms with van der Waals surface area (Å²) in [6.45, 7) is 5.53. The Morgan fingerprint density at radius 1 is 1.32 bits per heavy atom. The summed E-state index contributed by atoms with van der Waals surface area (Å²) in [5.74, 6) is -0.107. The molecular formula is C15H16O4. The topological polar surface area (TPSA) is 56.5 Å². The number of hydrogen-bond donors (Lipinski definition) is 0. The van der Waals surface area contributed by atoms with Crippen LogP contribution in [0, 0.1) is 5.41 Å². The highest BCUT2D eigenvalue weighted by atomic mass is 16.5. The maximum atomic E-state index is 12.1. The summed E-state index contributed by atoms with van der Waals surface area (Å²) in [4.78, 5) is 23.5. The average Bonchev–Trinajstić information content (AvgIpc) is 2.38. The molecule has 0 fully saturated rings. The van der Waals surface area contributed by atoms with E-state index in [9.17, 15) is 9.59 Å². The minimum atomic E-state index is -0.586. The number of ether oxygens (including phenoxy) is 1. The van der Waals surface area contributed by atoms with Gasteiger partial charge in [-0.15, -0.1) is 0 Å². The van der Waals surface area contributed by atoms with Crippen molar-refractivity contribution in [2.45, 2.75) is 27.2 Å². The predicted octanol–water partition coefficient (Wildman–Crippen LogP) is 3.13. The molecule has 100 valence electrons. The van der Waals surface area contributed by atoms with Gasteiger partial charge in [0.15, 0.2) is 0 Å². The van der Waals surface area contributed by atoms with Crippen molar-refractivity contribution in [2.75, 3.05) is 0 Å². The fraction of sp³-hybridized carbons (Fsp3) is 0.333. The Hall–Kier alpha value is -2.10. The Morgan fingerprint density at radius 3 is 2.68 bits per heavy atom. The van der Waals surface area contributed by atoms with Crippen LogP contribution in [0.25, 0.3) is 11.0 Å². The largest absolute Gasteiger partial charge is 0.425 e. The van der Waals surface area contributed by atoms with Gasteiger partial charge in [0.1, 0.15) is 11.3 Å². The van der Waals surface area contributed by atoms with Crippen molar-refractivity contribution in [3.8, 4) is 5.75 Å². The molecule has 0 N–H and O–H groups in total. The van der Waals surface area contributed by atoms with Crippen molar-refractivity contribution in [3.63, 3.8) is 0 Å². The third-order valence-corrected chi connectivity index (χ3v) is 3.25. The molecule has 1 heterocycles. The molecule has 4 nitrogen and oxygen atoms in total. The number of benzene rings is 1. The number of para-hydroxylation sites is 1. The van der Waals surface area contributed by atoms with Gasteiger partial charge in [0.25, 0.3) is 0 Å². The van der Waals surface area contributed by atoms with Crippen molar-refractivity contribution in [2.24, 2.45) is 5.41 Å². The van der Waals surface area contributed by atoms with Gasteiger partial charge < -0.3 is 9.15 Å². The standard InChI is InChI=1S/C15H16O4/c1-4-15(2,3)14(17)19-12-9-13(16)18-11-8-6-5-7-10(11)12/h5-9H,4H2,1-3H3. The van der Waals surface area contributed by atoms with Gasteiger partial charge in [0.2, 0.25) is 0 Å². The van der Waals surface area contributed by atoms with Gasteiger partial charge in [-0.25, -0.2) is 4.79 Å². The van der Waals surface area contributed by atoms with Crippen LogP contribution in [0.3, 0.4) is 0 Å². The molecule has 0 saturated carbocycles. The third-order valence-electron chi connectivity index (χ3n) is 3.25. The first kappa shape index (κ1) is 13.3. The molecular weight excluding hydrogens is 244 g/mol. The zero-order valence-corrected chi connectivity index (χ0v) is 11.2. The van der Waals surface area contributed by atoms with E-state index in [0.717, 1.165) is 0 Å². The Kier molecular flexibility index (Phi) is 3.42. The van der Waals surface area contributed by atoms with E-state index in [4.69, 9.17) is 9.15 Å². The molecule has 1 aromatic carbocycles. The highest BCUT2D eigenvalue weighted by molar-refractivity contribution is 5.87. The molecule has 19 heavy (non-hydrogen) atoms. The normalized spacial score (nSPS) is 11.5. The molecule has 0 aliphatic rings. The van der Waals surface area contributed by atoms with E-state index in [1.165, 1.54) is 6.07 Å². The summed E-state index contributed by atoms with van der Waals surface area (Å²) in [6, 6.07) is 8.17. The van der Waals surface area contributed by atoms with Gasteiger partial charge in [0, 0.05) is 0 Å². The van der Waals surface area contributed by atoms with Gasteiger partial charge >= 0.3 is 11.6 Å². The zero-order chi connectivity index (χ0) is 14.0. The van der Waals surface area contributed by atoms with E-state index >= 15 is 0 Å². The second-order valence-electron chi connectivity index (χ2n) is 5.05. The first-order valence-corrected chi connectivity index (χ1v) is 6.19. The number of rotatable bonds is 3. The predicted molar refractivity (Wildman–Crippen MR) is 72.2 cm³/mol. The van der Waals surface area contributed by atoms with Crippen molar-refractivity contribution >= 4 is 16.9 Å². The van der Waals surface area contributed by atoms with E-state index in [2.05, 4.69) is 0 Å². The van der Waals surface area contributed by atoms with Crippen LogP contribution < -0.4 is 10.4 Å². The fourth-order valence-electron chi connectivity index (χ4n) is 1.55. The van der Waals surface area contributed by atoms with E-state index in [-0.39, 0.29) is 11.7 Å². The highest BCUT2D eigenvalue weighted by Crippen LogP contribution is 2.27. The number of fused-ring (bicyclic) bond motifs is 1. The summed E-state index contributed by atoms with van der Waals surface area (Å²) < 4.78 is 10.4. The van der Waals surface area contributed by atoms with Crippen LogP contribution >= 0.6 is 0 Å². The van der Waals surface area contributed by atoms with Crippen LogP contribution in [0.5, 0.6) is 5.75 Å². The molecule has 0 radical (unpaired) electrons. The summed E-state index contributed by atoms with van der Waals surface area (Å²) in [5.41, 5.74) is -0.708. The molecule has 1 aromatic heterocycles. The quantitative estimate of drug-likeness (QED) is 0.628. The third kappa shape index (κ3) is 2.67. The van der Waals surface area contributed by atoms with Crippen LogP contribution in [-0.4, -0.2) is 5.97 Å². The number of carbonyl (C=O) groups excluding carboxylic acids is 1. The van der Waals surface area contributed by atoms with Crippen LogP contribution in [0.2, 0.25) is 0 Å². The van der Waals surface area contributed by atoms with Crippen molar-refractivity contribution < 1.29 is 13.9 Å². The second kappa shape index (κ2) is 4.88. The second-order valence-corrected chi connectivity index (χ2v) is 5.05. The maximum Gasteiger partial charge on any atom is 0.339 e. The molecule has 0 unspecified atom stereocenters. The van der Waals surface area contributed by atoms with Gasteiger partial charge in [-0.1, -0.05) is 19.1 Å². The first-order chi connectivity index (χ1) is 8.94. The molecule has 0 amide bonds. The van der Waals surface area contributed by atoms with Gasteiger partial charge in [-0.3, -0.25) is 4.79 Å². The minimum absolute atomic E-state index is 0.248. The molecule has 0 atom stereocenters. The Bertz CT molecular complexity index is 667. The Labute approximate surface area is 111 Å². The maximum absolute atomic E-state index is 12.1. The average molecular weight is 260 g/mol. The molecule has 2 aromatic rings.